The summed E-state index contributed by atoms with van der Waals surface area (Å²) in [5.74, 6) is 0.931. The maximum Gasteiger partial charge on any atom is 0.506 e. The Morgan fingerprint density at radius 1 is 0.610 bits per heavy atom. The minimum atomic E-state index is -1.81. The van der Waals surface area contributed by atoms with Gasteiger partial charge in [0.25, 0.3) is 0 Å². The van der Waals surface area contributed by atoms with Gasteiger partial charge in [-0.25, -0.2) is 0 Å². The third-order valence-corrected chi connectivity index (χ3v) is 12.5. The number of rotatable bonds is 6. The maximum absolute atomic E-state index is 7.38. The molecule has 2 heterocycles. The molecule has 0 saturated carbocycles. The van der Waals surface area contributed by atoms with E-state index in [0.717, 1.165) is 31.4 Å². The quantitative estimate of drug-likeness (QED) is 0.243. The lowest BCUT2D eigenvalue weighted by Gasteiger charge is -2.58. The maximum atomic E-state index is 7.38. The standard InChI is InChI=1S/C35H65N2O3P/c1-26-24-27(30(2,3)4)29(28(25-26)31(5,6)7)38-41(39-36(16)32(8,9)20-18-21-33(36,10)11)40-37(17)34(12,13)22-19-23-35(37,14)15/h24-25H,18-23H2,1-17H3/q+2. The highest BCUT2D eigenvalue weighted by atomic mass is 31.2. The summed E-state index contributed by atoms with van der Waals surface area (Å²) in [6.07, 6.45) is 6.80. The second-order valence-corrected chi connectivity index (χ2v) is 18.9. The molecule has 2 aliphatic heterocycles. The van der Waals surface area contributed by atoms with Crippen molar-refractivity contribution in [3.05, 3.63) is 28.8 Å². The van der Waals surface area contributed by atoms with E-state index in [9.17, 15) is 0 Å². The van der Waals surface area contributed by atoms with Gasteiger partial charge in [0, 0.05) is 36.8 Å². The molecule has 5 nitrogen and oxygen atoms in total. The van der Waals surface area contributed by atoms with Crippen LogP contribution in [0.15, 0.2) is 12.1 Å². The Kier molecular flexibility index (Phi) is 9.10. The van der Waals surface area contributed by atoms with Crippen molar-refractivity contribution >= 4 is 8.60 Å². The average molecular weight is 593 g/mol. The van der Waals surface area contributed by atoms with E-state index in [1.807, 2.05) is 0 Å². The van der Waals surface area contributed by atoms with Gasteiger partial charge in [0.1, 0.15) is 42.0 Å². The van der Waals surface area contributed by atoms with Gasteiger partial charge in [-0.2, -0.15) is 9.29 Å². The summed E-state index contributed by atoms with van der Waals surface area (Å²) >= 11 is 0. The van der Waals surface area contributed by atoms with Gasteiger partial charge in [-0.1, -0.05) is 59.2 Å². The molecule has 0 amide bonds. The minimum absolute atomic E-state index is 0.0897. The van der Waals surface area contributed by atoms with Crippen molar-refractivity contribution in [3.8, 4) is 5.75 Å². The second kappa shape index (κ2) is 10.7. The van der Waals surface area contributed by atoms with E-state index in [4.69, 9.17) is 13.8 Å². The van der Waals surface area contributed by atoms with Crippen LogP contribution in [-0.4, -0.2) is 45.5 Å². The first-order valence-corrected chi connectivity index (χ1v) is 17.1. The molecule has 1 aromatic rings. The van der Waals surface area contributed by atoms with Gasteiger partial charge in [0.2, 0.25) is 0 Å². The van der Waals surface area contributed by atoms with Crippen LogP contribution in [0.1, 0.15) is 152 Å². The first-order chi connectivity index (χ1) is 18.2. The van der Waals surface area contributed by atoms with Crippen LogP contribution in [0, 0.1) is 6.92 Å². The van der Waals surface area contributed by atoms with Crippen LogP contribution in [0.4, 0.5) is 0 Å². The van der Waals surface area contributed by atoms with E-state index in [1.165, 1.54) is 29.5 Å². The Bertz CT molecular complexity index is 994. The predicted octanol–water partition coefficient (Wildman–Crippen LogP) is 10.4. The van der Waals surface area contributed by atoms with Crippen LogP contribution in [-0.2, 0) is 20.1 Å². The van der Waals surface area contributed by atoms with Gasteiger partial charge in [0.05, 0.1) is 0 Å². The lowest BCUT2D eigenvalue weighted by molar-refractivity contribution is -1.16. The van der Waals surface area contributed by atoms with Crippen LogP contribution >= 0.6 is 8.60 Å². The smallest absolute Gasteiger partial charge is 0.420 e. The summed E-state index contributed by atoms with van der Waals surface area (Å²) in [7, 11) is 2.72. The zero-order chi connectivity index (χ0) is 31.7. The van der Waals surface area contributed by atoms with E-state index in [-0.39, 0.29) is 33.0 Å². The minimum Gasteiger partial charge on any atom is -0.420 e. The molecule has 2 fully saturated rings. The third-order valence-electron chi connectivity index (χ3n) is 11.2. The molecule has 3 rings (SSSR count). The number of hydroxylamine groups is 6. The zero-order valence-corrected chi connectivity index (χ0v) is 30.9. The van der Waals surface area contributed by atoms with Crippen molar-refractivity contribution < 1.29 is 23.1 Å². The Hall–Kier alpha value is -0.710. The predicted molar refractivity (Wildman–Crippen MR) is 175 cm³/mol. The van der Waals surface area contributed by atoms with Crippen molar-refractivity contribution in [2.45, 2.75) is 175 Å². The number of likely N-dealkylation sites (tertiary alicyclic amines) is 2. The Morgan fingerprint density at radius 3 is 1.17 bits per heavy atom. The molecular weight excluding hydrogens is 527 g/mol. The molecule has 0 aliphatic carbocycles. The first-order valence-electron chi connectivity index (χ1n) is 16.0. The lowest BCUT2D eigenvalue weighted by atomic mass is 9.78. The van der Waals surface area contributed by atoms with E-state index in [1.54, 1.807) is 0 Å². The fourth-order valence-electron chi connectivity index (χ4n) is 7.22. The fourth-order valence-corrected chi connectivity index (χ4v) is 9.08. The zero-order valence-electron chi connectivity index (χ0n) is 30.0. The van der Waals surface area contributed by atoms with E-state index < -0.39 is 8.60 Å². The molecule has 41 heavy (non-hydrogen) atoms. The van der Waals surface area contributed by atoms with Crippen LogP contribution in [0.2, 0.25) is 0 Å². The third kappa shape index (κ3) is 6.28. The van der Waals surface area contributed by atoms with Crippen molar-refractivity contribution in [2.24, 2.45) is 0 Å². The summed E-state index contributed by atoms with van der Waals surface area (Å²) in [6, 6.07) is 4.60. The number of benzene rings is 1. The molecule has 0 N–H and O–H groups in total. The number of aryl methyl sites for hydroxylation is 1. The number of hydrogen-bond acceptors (Lipinski definition) is 3. The largest absolute Gasteiger partial charge is 0.506 e. The molecule has 0 radical (unpaired) electrons. The number of nitrogens with zero attached hydrogens (tertiary/aromatic N) is 2. The number of piperidine rings is 2. The van der Waals surface area contributed by atoms with Crippen LogP contribution in [0.25, 0.3) is 0 Å². The van der Waals surface area contributed by atoms with Gasteiger partial charge in [0.15, 0.2) is 0 Å². The number of quaternary nitrogens is 2. The Morgan fingerprint density at radius 2 is 0.902 bits per heavy atom. The van der Waals surface area contributed by atoms with Crippen LogP contribution < -0.4 is 4.52 Å². The van der Waals surface area contributed by atoms with Crippen molar-refractivity contribution in [1.82, 2.24) is 0 Å². The molecular formula is C35H65N2O3P+2. The summed E-state index contributed by atoms with van der Waals surface area (Å²) in [5.41, 5.74) is 3.11. The molecule has 0 spiro atoms. The molecule has 0 aromatic heterocycles. The van der Waals surface area contributed by atoms with Gasteiger partial charge < -0.3 is 4.52 Å². The summed E-state index contributed by atoms with van der Waals surface area (Å²) in [4.78, 5) is 0. The first kappa shape index (κ1) is 34.8. The summed E-state index contributed by atoms with van der Waals surface area (Å²) in [5, 5.41) is 0. The Labute approximate surface area is 255 Å². The molecule has 236 valence electrons. The van der Waals surface area contributed by atoms with Crippen molar-refractivity contribution in [3.63, 3.8) is 0 Å². The molecule has 0 atom stereocenters. The van der Waals surface area contributed by atoms with Crippen LogP contribution in [0.3, 0.4) is 0 Å². The normalized spacial score (nSPS) is 24.7. The fraction of sp³-hybridized carbons (Fsp3) is 0.829. The molecule has 0 unspecified atom stereocenters. The van der Waals surface area contributed by atoms with Crippen LogP contribution in [0.5, 0.6) is 5.75 Å². The van der Waals surface area contributed by atoms with Crippen molar-refractivity contribution in [2.75, 3.05) is 14.1 Å². The Balaban J connectivity index is 2.27. The van der Waals surface area contributed by atoms with E-state index in [2.05, 4.69) is 130 Å². The van der Waals surface area contributed by atoms with Gasteiger partial charge >= 0.3 is 8.60 Å². The van der Waals surface area contributed by atoms with E-state index >= 15 is 0 Å². The molecule has 2 aliphatic rings. The topological polar surface area (TPSA) is 27.7 Å². The van der Waals surface area contributed by atoms with Gasteiger partial charge in [-0.05, 0) is 86.0 Å². The molecule has 6 heteroatoms. The van der Waals surface area contributed by atoms with Gasteiger partial charge in [-0.15, -0.1) is 9.25 Å². The van der Waals surface area contributed by atoms with Crippen molar-refractivity contribution in [1.29, 1.82) is 0 Å². The lowest BCUT2D eigenvalue weighted by Crippen LogP contribution is -2.72. The second-order valence-electron chi connectivity index (χ2n) is 18.0. The molecule has 1 aromatic carbocycles. The summed E-state index contributed by atoms with van der Waals surface area (Å²) < 4.78 is 22.9. The van der Waals surface area contributed by atoms with Gasteiger partial charge in [-0.3, -0.25) is 0 Å². The highest BCUT2D eigenvalue weighted by Crippen LogP contribution is 2.59. The molecule has 0 bridgehead atoms. The average Bonchev–Trinajstić information content (AvgIpc) is 2.75. The monoisotopic (exact) mass is 592 g/mol. The highest BCUT2D eigenvalue weighted by Gasteiger charge is 2.63. The summed E-state index contributed by atoms with van der Waals surface area (Å²) in [6.45, 7) is 34.6. The SMILES string of the molecule is Cc1cc(C(C)(C)C)c(OP(O[N+]2(C)C(C)(C)CCCC2(C)C)O[N+]2(C)C(C)(C)CCCC2(C)C)c(C(C)(C)C)c1. The van der Waals surface area contributed by atoms with E-state index in [0.29, 0.717) is 9.29 Å². The number of hydrogen-bond donors (Lipinski definition) is 0. The highest BCUT2D eigenvalue weighted by molar-refractivity contribution is 7.41. The molecule has 2 saturated heterocycles.